The molecule has 1 unspecified atom stereocenters. The summed E-state index contributed by atoms with van der Waals surface area (Å²) in [5, 5.41) is 0. The van der Waals surface area contributed by atoms with Crippen LogP contribution in [0.25, 0.3) is 0 Å². The van der Waals surface area contributed by atoms with Crippen LogP contribution in [0.1, 0.15) is 26.3 Å². The van der Waals surface area contributed by atoms with Crippen LogP contribution >= 0.6 is 0 Å². The normalized spacial score (nSPS) is 13.6. The van der Waals surface area contributed by atoms with E-state index in [0.717, 1.165) is 6.54 Å². The molecule has 0 amide bonds. The number of hydrogen-bond donors (Lipinski definition) is 1. The first-order valence-corrected chi connectivity index (χ1v) is 5.87. The Morgan fingerprint density at radius 3 is 2.38 bits per heavy atom. The molecule has 1 rings (SSSR count). The van der Waals surface area contributed by atoms with E-state index in [0.29, 0.717) is 0 Å². The van der Waals surface area contributed by atoms with Gasteiger partial charge in [-0.2, -0.15) is 0 Å². The minimum atomic E-state index is 0.122. The van der Waals surface area contributed by atoms with E-state index in [1.54, 1.807) is 0 Å². The monoisotopic (exact) mass is 220 g/mol. The first-order valence-electron chi connectivity index (χ1n) is 5.87. The quantitative estimate of drug-likeness (QED) is 0.845. The number of nitrogens with two attached hydrogens (primary N) is 1. The lowest BCUT2D eigenvalue weighted by Gasteiger charge is -2.35. The van der Waals surface area contributed by atoms with Crippen molar-refractivity contribution in [2.24, 2.45) is 11.1 Å². The first kappa shape index (κ1) is 13.0. The van der Waals surface area contributed by atoms with Crippen molar-refractivity contribution in [2.45, 2.75) is 33.7 Å². The number of rotatable bonds is 4. The number of anilines is 1. The zero-order chi connectivity index (χ0) is 12.3. The molecule has 0 aromatic heterocycles. The van der Waals surface area contributed by atoms with Gasteiger partial charge in [-0.15, -0.1) is 0 Å². The molecule has 1 aromatic rings. The van der Waals surface area contributed by atoms with Gasteiger partial charge in [0.1, 0.15) is 0 Å². The zero-order valence-electron chi connectivity index (χ0n) is 11.1. The second kappa shape index (κ2) is 4.88. The number of aryl methyl sites for hydroxylation is 1. The molecule has 16 heavy (non-hydrogen) atoms. The van der Waals surface area contributed by atoms with E-state index in [4.69, 9.17) is 5.73 Å². The highest BCUT2D eigenvalue weighted by Gasteiger charge is 2.25. The van der Waals surface area contributed by atoms with Crippen molar-refractivity contribution in [1.29, 1.82) is 0 Å². The summed E-state index contributed by atoms with van der Waals surface area (Å²) in [6.07, 6.45) is 0. The molecule has 0 aliphatic rings. The molecule has 0 aliphatic heterocycles. The Morgan fingerprint density at radius 1 is 1.31 bits per heavy atom. The summed E-state index contributed by atoms with van der Waals surface area (Å²) >= 11 is 0. The van der Waals surface area contributed by atoms with Gasteiger partial charge in [-0.25, -0.2) is 0 Å². The minimum absolute atomic E-state index is 0.122. The van der Waals surface area contributed by atoms with Gasteiger partial charge in [-0.05, 0) is 30.9 Å². The van der Waals surface area contributed by atoms with Crippen molar-refractivity contribution >= 4 is 5.69 Å². The maximum Gasteiger partial charge on any atom is 0.0393 e. The third-order valence-electron chi connectivity index (χ3n) is 3.40. The summed E-state index contributed by atoms with van der Waals surface area (Å²) in [5.74, 6) is 0. The second-order valence-electron chi connectivity index (χ2n) is 5.42. The summed E-state index contributed by atoms with van der Waals surface area (Å²) in [4.78, 5) is 2.29. The molecule has 0 aliphatic carbocycles. The number of benzene rings is 1. The molecule has 0 spiro atoms. The molecule has 2 heteroatoms. The molecular formula is C14H24N2. The molecule has 0 saturated heterocycles. The van der Waals surface area contributed by atoms with Crippen LogP contribution in [0.5, 0.6) is 0 Å². The van der Waals surface area contributed by atoms with Crippen LogP contribution < -0.4 is 10.6 Å². The van der Waals surface area contributed by atoms with Gasteiger partial charge >= 0.3 is 0 Å². The standard InChI is InChI=1S/C14H24N2/c1-11-8-6-7-9-13(11)16(5)10-14(3,4)12(2)15/h6-9,12H,10,15H2,1-5H3. The second-order valence-corrected chi connectivity index (χ2v) is 5.42. The van der Waals surface area contributed by atoms with E-state index in [-0.39, 0.29) is 11.5 Å². The van der Waals surface area contributed by atoms with Crippen LogP contribution in [-0.4, -0.2) is 19.6 Å². The van der Waals surface area contributed by atoms with Crippen LogP contribution in [0, 0.1) is 12.3 Å². The van der Waals surface area contributed by atoms with Crippen molar-refractivity contribution in [3.63, 3.8) is 0 Å². The maximum absolute atomic E-state index is 6.01. The highest BCUT2D eigenvalue weighted by atomic mass is 15.1. The van der Waals surface area contributed by atoms with Crippen LogP contribution in [0.15, 0.2) is 24.3 Å². The molecule has 2 nitrogen and oxygen atoms in total. The predicted octanol–water partition coefficient (Wildman–Crippen LogP) is 2.80. The van der Waals surface area contributed by atoms with Crippen molar-refractivity contribution in [3.05, 3.63) is 29.8 Å². The van der Waals surface area contributed by atoms with Crippen LogP contribution in [0.2, 0.25) is 0 Å². The van der Waals surface area contributed by atoms with E-state index in [1.807, 2.05) is 0 Å². The molecule has 1 atom stereocenters. The smallest absolute Gasteiger partial charge is 0.0393 e. The lowest BCUT2D eigenvalue weighted by Crippen LogP contribution is -2.43. The highest BCUT2D eigenvalue weighted by Crippen LogP contribution is 2.25. The van der Waals surface area contributed by atoms with E-state index in [2.05, 4.69) is 63.9 Å². The Balaban J connectivity index is 2.81. The first-order chi connectivity index (χ1) is 7.34. The Labute approximate surface area is 99.5 Å². The molecule has 0 saturated carbocycles. The summed E-state index contributed by atoms with van der Waals surface area (Å²) in [7, 11) is 2.13. The van der Waals surface area contributed by atoms with Gasteiger partial charge in [0, 0.05) is 25.3 Å². The molecule has 2 N–H and O–H groups in total. The van der Waals surface area contributed by atoms with E-state index in [1.165, 1.54) is 11.3 Å². The average Bonchev–Trinajstić information content (AvgIpc) is 2.17. The number of hydrogen-bond acceptors (Lipinski definition) is 2. The molecule has 1 aromatic carbocycles. The van der Waals surface area contributed by atoms with Crippen LogP contribution in [0.3, 0.4) is 0 Å². The Kier molecular flexibility index (Phi) is 3.98. The molecule has 0 radical (unpaired) electrons. The maximum atomic E-state index is 6.01. The van der Waals surface area contributed by atoms with Crippen LogP contribution in [0.4, 0.5) is 5.69 Å². The summed E-state index contributed by atoms with van der Waals surface area (Å²) < 4.78 is 0. The summed E-state index contributed by atoms with van der Waals surface area (Å²) in [5.41, 5.74) is 8.73. The topological polar surface area (TPSA) is 29.3 Å². The molecule has 0 bridgehead atoms. The van der Waals surface area contributed by atoms with Gasteiger partial charge in [0.05, 0.1) is 0 Å². The largest absolute Gasteiger partial charge is 0.374 e. The fourth-order valence-electron chi connectivity index (χ4n) is 1.83. The number of para-hydroxylation sites is 1. The number of nitrogens with zero attached hydrogens (tertiary/aromatic N) is 1. The molecular weight excluding hydrogens is 196 g/mol. The fraction of sp³-hybridized carbons (Fsp3) is 0.571. The van der Waals surface area contributed by atoms with E-state index < -0.39 is 0 Å². The lowest BCUT2D eigenvalue weighted by atomic mass is 9.85. The Hall–Kier alpha value is -1.02. The molecule has 0 heterocycles. The van der Waals surface area contributed by atoms with Crippen molar-refractivity contribution in [1.82, 2.24) is 0 Å². The van der Waals surface area contributed by atoms with Gasteiger partial charge in [0.15, 0.2) is 0 Å². The molecule has 90 valence electrons. The van der Waals surface area contributed by atoms with Gasteiger partial charge < -0.3 is 10.6 Å². The van der Waals surface area contributed by atoms with Gasteiger partial charge in [-0.1, -0.05) is 32.0 Å². The van der Waals surface area contributed by atoms with E-state index >= 15 is 0 Å². The Bertz CT molecular complexity index is 342. The van der Waals surface area contributed by atoms with Crippen LogP contribution in [-0.2, 0) is 0 Å². The fourth-order valence-corrected chi connectivity index (χ4v) is 1.83. The Morgan fingerprint density at radius 2 is 1.88 bits per heavy atom. The summed E-state index contributed by atoms with van der Waals surface area (Å²) in [6, 6.07) is 8.65. The van der Waals surface area contributed by atoms with Gasteiger partial charge in [-0.3, -0.25) is 0 Å². The minimum Gasteiger partial charge on any atom is -0.374 e. The molecule has 0 fully saturated rings. The lowest BCUT2D eigenvalue weighted by molar-refractivity contribution is 0.308. The average molecular weight is 220 g/mol. The zero-order valence-corrected chi connectivity index (χ0v) is 11.1. The van der Waals surface area contributed by atoms with Crippen molar-refractivity contribution in [2.75, 3.05) is 18.5 Å². The van der Waals surface area contributed by atoms with Crippen molar-refractivity contribution < 1.29 is 0 Å². The summed E-state index contributed by atoms with van der Waals surface area (Å²) in [6.45, 7) is 9.62. The third-order valence-corrected chi connectivity index (χ3v) is 3.40. The third kappa shape index (κ3) is 2.99. The van der Waals surface area contributed by atoms with Gasteiger partial charge in [0.2, 0.25) is 0 Å². The SMILES string of the molecule is Cc1ccccc1N(C)CC(C)(C)C(C)N. The van der Waals surface area contributed by atoms with Gasteiger partial charge in [0.25, 0.3) is 0 Å². The van der Waals surface area contributed by atoms with Crippen molar-refractivity contribution in [3.8, 4) is 0 Å². The highest BCUT2D eigenvalue weighted by molar-refractivity contribution is 5.52. The predicted molar refractivity (Wildman–Crippen MR) is 71.9 cm³/mol. The van der Waals surface area contributed by atoms with E-state index in [9.17, 15) is 0 Å².